The zero-order valence-electron chi connectivity index (χ0n) is 10.2. The second-order valence-electron chi connectivity index (χ2n) is 4.02. The Morgan fingerprint density at radius 1 is 1.00 bits per heavy atom. The summed E-state index contributed by atoms with van der Waals surface area (Å²) in [5.41, 5.74) is 1.28. The van der Waals surface area contributed by atoms with E-state index in [1.54, 1.807) is 12.1 Å². The molecule has 0 saturated carbocycles. The van der Waals surface area contributed by atoms with Crippen molar-refractivity contribution in [1.82, 2.24) is 0 Å². The van der Waals surface area contributed by atoms with Crippen LogP contribution < -0.4 is 10.6 Å². The molecule has 0 bridgehead atoms. The van der Waals surface area contributed by atoms with Crippen molar-refractivity contribution in [3.05, 3.63) is 59.7 Å². The Balaban J connectivity index is 2.10. The molecule has 0 aliphatic carbocycles. The molecule has 98 valence electrons. The first-order valence-electron chi connectivity index (χ1n) is 5.65. The van der Waals surface area contributed by atoms with Gasteiger partial charge >= 0.3 is 6.03 Å². The van der Waals surface area contributed by atoms with Gasteiger partial charge in [-0.05, 0) is 30.7 Å². The van der Waals surface area contributed by atoms with Crippen LogP contribution in [0.15, 0.2) is 42.5 Å². The highest BCUT2D eigenvalue weighted by Crippen LogP contribution is 2.17. The highest BCUT2D eigenvalue weighted by atomic mass is 19.1. The largest absolute Gasteiger partial charge is 0.323 e. The average molecular weight is 262 g/mol. The summed E-state index contributed by atoms with van der Waals surface area (Å²) in [7, 11) is 0. The Bertz CT molecular complexity index is 614. The van der Waals surface area contributed by atoms with Gasteiger partial charge in [-0.1, -0.05) is 18.2 Å². The lowest BCUT2D eigenvalue weighted by atomic mass is 10.2. The molecule has 5 heteroatoms. The molecular weight excluding hydrogens is 250 g/mol. The molecule has 2 rings (SSSR count). The number of halogens is 2. The van der Waals surface area contributed by atoms with Gasteiger partial charge in [0.1, 0.15) is 11.6 Å². The van der Waals surface area contributed by atoms with Crippen LogP contribution in [0.3, 0.4) is 0 Å². The molecule has 0 radical (unpaired) electrons. The van der Waals surface area contributed by atoms with E-state index >= 15 is 0 Å². The zero-order chi connectivity index (χ0) is 13.8. The van der Waals surface area contributed by atoms with Crippen molar-refractivity contribution < 1.29 is 13.6 Å². The maximum Gasteiger partial charge on any atom is 0.323 e. The maximum atomic E-state index is 13.3. The van der Waals surface area contributed by atoms with Crippen molar-refractivity contribution >= 4 is 17.4 Å². The number of benzene rings is 2. The van der Waals surface area contributed by atoms with Crippen molar-refractivity contribution in [3.63, 3.8) is 0 Å². The topological polar surface area (TPSA) is 41.1 Å². The van der Waals surface area contributed by atoms with Crippen LogP contribution in [0.5, 0.6) is 0 Å². The lowest BCUT2D eigenvalue weighted by molar-refractivity contribution is 0.262. The molecule has 0 aliphatic rings. The molecule has 0 unspecified atom stereocenters. The summed E-state index contributed by atoms with van der Waals surface area (Å²) < 4.78 is 26.3. The van der Waals surface area contributed by atoms with Crippen LogP contribution in [-0.2, 0) is 0 Å². The smallest absolute Gasteiger partial charge is 0.307 e. The Hall–Kier alpha value is -2.43. The normalized spacial score (nSPS) is 10.1. The number of anilines is 2. The molecule has 0 aliphatic heterocycles. The third kappa shape index (κ3) is 3.28. The third-order valence-electron chi connectivity index (χ3n) is 2.57. The number of urea groups is 1. The Morgan fingerprint density at radius 3 is 2.42 bits per heavy atom. The number of amides is 2. The fraction of sp³-hybridized carbons (Fsp3) is 0.0714. The molecule has 0 spiro atoms. The van der Waals surface area contributed by atoms with Crippen molar-refractivity contribution in [2.24, 2.45) is 0 Å². The zero-order valence-corrected chi connectivity index (χ0v) is 10.2. The van der Waals surface area contributed by atoms with Gasteiger partial charge in [0, 0.05) is 11.8 Å². The van der Waals surface area contributed by atoms with Gasteiger partial charge in [-0.25, -0.2) is 13.6 Å². The SMILES string of the molecule is Cc1ccccc1NC(=O)Nc1cc(F)ccc1F. The lowest BCUT2D eigenvalue weighted by Gasteiger charge is -2.10. The number of rotatable bonds is 2. The van der Waals surface area contributed by atoms with Crippen LogP contribution in [0, 0.1) is 18.6 Å². The van der Waals surface area contributed by atoms with Gasteiger partial charge < -0.3 is 10.6 Å². The third-order valence-corrected chi connectivity index (χ3v) is 2.57. The first-order valence-corrected chi connectivity index (χ1v) is 5.65. The summed E-state index contributed by atoms with van der Waals surface area (Å²) in [4.78, 5) is 11.7. The van der Waals surface area contributed by atoms with Crippen molar-refractivity contribution in [2.45, 2.75) is 6.92 Å². The van der Waals surface area contributed by atoms with E-state index in [0.29, 0.717) is 5.69 Å². The minimum Gasteiger partial charge on any atom is -0.307 e. The highest BCUT2D eigenvalue weighted by molar-refractivity contribution is 6.00. The standard InChI is InChI=1S/C14H12F2N2O/c1-9-4-2-3-5-12(9)17-14(19)18-13-8-10(15)6-7-11(13)16/h2-8H,1H3,(H2,17,18,19). The van der Waals surface area contributed by atoms with Crippen LogP contribution in [0.2, 0.25) is 0 Å². The second kappa shape index (κ2) is 5.48. The monoisotopic (exact) mass is 262 g/mol. The quantitative estimate of drug-likeness (QED) is 0.846. The van der Waals surface area contributed by atoms with Gasteiger partial charge in [-0.2, -0.15) is 0 Å². The van der Waals surface area contributed by atoms with Gasteiger partial charge in [-0.3, -0.25) is 0 Å². The maximum absolute atomic E-state index is 13.3. The first kappa shape index (κ1) is 13.0. The number of nitrogens with one attached hydrogen (secondary N) is 2. The number of carbonyl (C=O) groups excluding carboxylic acids is 1. The van der Waals surface area contributed by atoms with Crippen LogP contribution >= 0.6 is 0 Å². The summed E-state index contributed by atoms with van der Waals surface area (Å²) in [6.45, 7) is 1.83. The summed E-state index contributed by atoms with van der Waals surface area (Å²) in [6.07, 6.45) is 0. The van der Waals surface area contributed by atoms with E-state index in [4.69, 9.17) is 0 Å². The van der Waals surface area contributed by atoms with E-state index in [2.05, 4.69) is 10.6 Å². The van der Waals surface area contributed by atoms with Gasteiger partial charge in [-0.15, -0.1) is 0 Å². The fourth-order valence-electron chi connectivity index (χ4n) is 1.58. The molecule has 0 heterocycles. The summed E-state index contributed by atoms with van der Waals surface area (Å²) >= 11 is 0. The van der Waals surface area contributed by atoms with E-state index in [-0.39, 0.29) is 5.69 Å². The molecular formula is C14H12F2N2O. The van der Waals surface area contributed by atoms with Crippen LogP contribution in [0.4, 0.5) is 25.0 Å². The van der Waals surface area contributed by atoms with Gasteiger partial charge in [0.15, 0.2) is 0 Å². The number of carbonyl (C=O) groups is 1. The predicted octanol–water partition coefficient (Wildman–Crippen LogP) is 3.92. The molecule has 2 aromatic rings. The minimum atomic E-state index is -0.693. The summed E-state index contributed by atoms with van der Waals surface area (Å²) in [6, 6.07) is 9.40. The van der Waals surface area contributed by atoms with E-state index in [1.807, 2.05) is 19.1 Å². The Kier molecular flexibility index (Phi) is 3.75. The van der Waals surface area contributed by atoms with Gasteiger partial charge in [0.05, 0.1) is 5.69 Å². The van der Waals surface area contributed by atoms with E-state index in [9.17, 15) is 13.6 Å². The molecule has 0 aromatic heterocycles. The van der Waals surface area contributed by atoms with E-state index < -0.39 is 17.7 Å². The first-order chi connectivity index (χ1) is 9.06. The highest BCUT2D eigenvalue weighted by Gasteiger charge is 2.08. The van der Waals surface area contributed by atoms with Gasteiger partial charge in [0.25, 0.3) is 0 Å². The number of hydrogen-bond donors (Lipinski definition) is 2. The predicted molar refractivity (Wildman–Crippen MR) is 70.2 cm³/mol. The van der Waals surface area contributed by atoms with Crippen LogP contribution in [-0.4, -0.2) is 6.03 Å². The fourth-order valence-corrected chi connectivity index (χ4v) is 1.58. The van der Waals surface area contributed by atoms with Gasteiger partial charge in [0.2, 0.25) is 0 Å². The van der Waals surface area contributed by atoms with Crippen LogP contribution in [0.1, 0.15) is 5.56 Å². The van der Waals surface area contributed by atoms with Crippen molar-refractivity contribution in [2.75, 3.05) is 10.6 Å². The average Bonchev–Trinajstić information content (AvgIpc) is 2.37. The van der Waals surface area contributed by atoms with E-state index in [0.717, 1.165) is 23.8 Å². The van der Waals surface area contributed by atoms with Crippen LogP contribution in [0.25, 0.3) is 0 Å². The Morgan fingerprint density at radius 2 is 1.68 bits per heavy atom. The molecule has 0 saturated heterocycles. The van der Waals surface area contributed by atoms with Crippen molar-refractivity contribution in [3.8, 4) is 0 Å². The molecule has 3 nitrogen and oxygen atoms in total. The number of para-hydroxylation sites is 1. The number of aryl methyl sites for hydroxylation is 1. The van der Waals surface area contributed by atoms with E-state index in [1.165, 1.54) is 0 Å². The molecule has 0 atom stereocenters. The molecule has 2 amide bonds. The molecule has 2 aromatic carbocycles. The summed E-state index contributed by atoms with van der Waals surface area (Å²) in [5.74, 6) is -1.31. The second-order valence-corrected chi connectivity index (χ2v) is 4.02. The summed E-state index contributed by atoms with van der Waals surface area (Å²) in [5, 5.41) is 4.83. The molecule has 0 fully saturated rings. The molecule has 19 heavy (non-hydrogen) atoms. The number of hydrogen-bond acceptors (Lipinski definition) is 1. The van der Waals surface area contributed by atoms with Crippen molar-refractivity contribution in [1.29, 1.82) is 0 Å². The lowest BCUT2D eigenvalue weighted by Crippen LogP contribution is -2.20. The molecule has 2 N–H and O–H groups in total. The minimum absolute atomic E-state index is 0.203. The Labute approximate surface area is 109 Å².